The third-order valence-corrected chi connectivity index (χ3v) is 4.35. The number of hydrogen-bond acceptors (Lipinski definition) is 2. The average molecular weight is 232 g/mol. The number of pyridine rings is 1. The van der Waals surface area contributed by atoms with Crippen molar-refractivity contribution in [1.82, 2.24) is 10.3 Å². The summed E-state index contributed by atoms with van der Waals surface area (Å²) in [6.45, 7) is 6.92. The van der Waals surface area contributed by atoms with Gasteiger partial charge in [-0.15, -0.1) is 0 Å². The number of nitrogens with one attached hydrogen (secondary N) is 1. The van der Waals surface area contributed by atoms with Gasteiger partial charge in [0.1, 0.15) is 0 Å². The second kappa shape index (κ2) is 5.63. The molecule has 1 saturated carbocycles. The lowest BCUT2D eigenvalue weighted by Gasteiger charge is -2.24. The Morgan fingerprint density at radius 2 is 2.24 bits per heavy atom. The molecule has 1 aromatic rings. The Bertz CT molecular complexity index is 336. The minimum absolute atomic E-state index is 0.360. The Kier molecular flexibility index (Phi) is 4.16. The van der Waals surface area contributed by atoms with Crippen LogP contribution in [-0.2, 0) is 0 Å². The molecule has 0 aromatic carbocycles. The lowest BCUT2D eigenvalue weighted by Crippen LogP contribution is -2.35. The Balaban J connectivity index is 1.94. The molecule has 0 aliphatic heterocycles. The Hall–Kier alpha value is -0.890. The van der Waals surface area contributed by atoms with E-state index in [-0.39, 0.29) is 0 Å². The number of nitrogens with zero attached hydrogens (tertiary/aromatic N) is 1. The highest BCUT2D eigenvalue weighted by Crippen LogP contribution is 2.34. The van der Waals surface area contributed by atoms with Gasteiger partial charge in [-0.05, 0) is 43.7 Å². The molecule has 4 unspecified atom stereocenters. The van der Waals surface area contributed by atoms with Crippen LogP contribution in [0.15, 0.2) is 24.4 Å². The van der Waals surface area contributed by atoms with Crippen molar-refractivity contribution in [2.75, 3.05) is 0 Å². The molecule has 1 N–H and O–H groups in total. The third kappa shape index (κ3) is 2.86. The summed E-state index contributed by atoms with van der Waals surface area (Å²) in [6.07, 6.45) is 5.89. The van der Waals surface area contributed by atoms with Crippen LogP contribution >= 0.6 is 0 Å². The summed E-state index contributed by atoms with van der Waals surface area (Å²) in [6, 6.07) is 7.17. The third-order valence-electron chi connectivity index (χ3n) is 4.35. The minimum atomic E-state index is 0.360. The summed E-state index contributed by atoms with van der Waals surface area (Å²) in [4.78, 5) is 4.42. The van der Waals surface area contributed by atoms with E-state index in [1.54, 1.807) is 0 Å². The molecule has 1 aliphatic carbocycles. The maximum Gasteiger partial charge on any atom is 0.0570 e. The van der Waals surface area contributed by atoms with Crippen LogP contribution in [0.3, 0.4) is 0 Å². The zero-order chi connectivity index (χ0) is 12.3. The highest BCUT2D eigenvalue weighted by atomic mass is 15.0. The van der Waals surface area contributed by atoms with E-state index in [0.717, 1.165) is 17.5 Å². The smallest absolute Gasteiger partial charge is 0.0570 e. The highest BCUT2D eigenvalue weighted by molar-refractivity contribution is 5.08. The molecule has 2 nitrogen and oxygen atoms in total. The van der Waals surface area contributed by atoms with Crippen molar-refractivity contribution in [3.05, 3.63) is 30.1 Å². The van der Waals surface area contributed by atoms with E-state index in [1.807, 2.05) is 12.3 Å². The zero-order valence-corrected chi connectivity index (χ0v) is 11.2. The lowest BCUT2D eigenvalue weighted by atomic mass is 9.93. The quantitative estimate of drug-likeness (QED) is 0.858. The summed E-state index contributed by atoms with van der Waals surface area (Å²) in [5, 5.41) is 3.75. The van der Waals surface area contributed by atoms with Gasteiger partial charge < -0.3 is 5.32 Å². The predicted molar refractivity (Wildman–Crippen MR) is 71.8 cm³/mol. The van der Waals surface area contributed by atoms with Crippen molar-refractivity contribution < 1.29 is 0 Å². The summed E-state index contributed by atoms with van der Waals surface area (Å²) in [5.74, 6) is 1.70. The van der Waals surface area contributed by atoms with Gasteiger partial charge in [0.2, 0.25) is 0 Å². The van der Waals surface area contributed by atoms with Crippen LogP contribution in [-0.4, -0.2) is 11.0 Å². The molecule has 0 bridgehead atoms. The van der Waals surface area contributed by atoms with Gasteiger partial charge in [-0.25, -0.2) is 0 Å². The average Bonchev–Trinajstić information content (AvgIpc) is 2.71. The molecule has 1 heterocycles. The predicted octanol–water partition coefficient (Wildman–Crippen LogP) is 3.56. The van der Waals surface area contributed by atoms with Crippen molar-refractivity contribution in [3.8, 4) is 0 Å². The van der Waals surface area contributed by atoms with Crippen molar-refractivity contribution in [1.29, 1.82) is 0 Å². The van der Waals surface area contributed by atoms with Crippen molar-refractivity contribution in [2.45, 2.75) is 52.1 Å². The second-order valence-electron chi connectivity index (χ2n) is 5.35. The van der Waals surface area contributed by atoms with Gasteiger partial charge in [0.05, 0.1) is 5.69 Å². The van der Waals surface area contributed by atoms with E-state index < -0.39 is 0 Å². The Morgan fingerprint density at radius 1 is 1.41 bits per heavy atom. The molecule has 1 fully saturated rings. The topological polar surface area (TPSA) is 24.9 Å². The molecule has 0 spiro atoms. The summed E-state index contributed by atoms with van der Waals surface area (Å²) in [5.41, 5.74) is 1.15. The van der Waals surface area contributed by atoms with E-state index >= 15 is 0 Å². The fourth-order valence-electron chi connectivity index (χ4n) is 3.10. The van der Waals surface area contributed by atoms with Crippen molar-refractivity contribution in [2.24, 2.45) is 11.8 Å². The molecule has 4 atom stereocenters. The van der Waals surface area contributed by atoms with Crippen molar-refractivity contribution in [3.63, 3.8) is 0 Å². The number of rotatable bonds is 4. The van der Waals surface area contributed by atoms with Gasteiger partial charge >= 0.3 is 0 Å². The molecule has 17 heavy (non-hydrogen) atoms. The van der Waals surface area contributed by atoms with Gasteiger partial charge in [-0.3, -0.25) is 4.98 Å². The first-order chi connectivity index (χ1) is 8.22. The Morgan fingerprint density at radius 3 is 2.82 bits per heavy atom. The molecule has 0 amide bonds. The molecular formula is C15H24N2. The van der Waals surface area contributed by atoms with Gasteiger partial charge in [-0.2, -0.15) is 0 Å². The maximum atomic E-state index is 4.42. The number of aromatic nitrogens is 1. The van der Waals surface area contributed by atoms with Crippen LogP contribution in [0.25, 0.3) is 0 Å². The Labute approximate surface area is 105 Å². The second-order valence-corrected chi connectivity index (χ2v) is 5.35. The van der Waals surface area contributed by atoms with E-state index in [4.69, 9.17) is 0 Å². The van der Waals surface area contributed by atoms with E-state index in [9.17, 15) is 0 Å². The fourth-order valence-corrected chi connectivity index (χ4v) is 3.10. The fraction of sp³-hybridized carbons (Fsp3) is 0.667. The first kappa shape index (κ1) is 12.6. The van der Waals surface area contributed by atoms with Crippen LogP contribution in [0.1, 0.15) is 51.8 Å². The van der Waals surface area contributed by atoms with E-state index in [1.165, 1.54) is 19.3 Å². The van der Waals surface area contributed by atoms with Crippen LogP contribution in [0.5, 0.6) is 0 Å². The monoisotopic (exact) mass is 232 g/mol. The molecule has 0 saturated heterocycles. The highest BCUT2D eigenvalue weighted by Gasteiger charge is 2.32. The first-order valence-corrected chi connectivity index (χ1v) is 6.89. The summed E-state index contributed by atoms with van der Waals surface area (Å²) < 4.78 is 0. The molecule has 94 valence electrons. The molecule has 0 radical (unpaired) electrons. The van der Waals surface area contributed by atoms with Gasteiger partial charge in [0.15, 0.2) is 0 Å². The normalized spacial score (nSPS) is 30.4. The van der Waals surface area contributed by atoms with Gasteiger partial charge in [0.25, 0.3) is 0 Å². The van der Waals surface area contributed by atoms with Crippen LogP contribution in [0.2, 0.25) is 0 Å². The van der Waals surface area contributed by atoms with E-state index in [2.05, 4.69) is 43.2 Å². The largest absolute Gasteiger partial charge is 0.306 e. The number of hydrogen-bond donors (Lipinski definition) is 1. The van der Waals surface area contributed by atoms with Crippen LogP contribution in [0.4, 0.5) is 0 Å². The summed E-state index contributed by atoms with van der Waals surface area (Å²) >= 11 is 0. The molecule has 2 rings (SSSR count). The zero-order valence-electron chi connectivity index (χ0n) is 11.2. The standard InChI is InChI=1S/C15H24N2/c1-4-13-8-9-14(11(13)2)17-12(3)15-7-5-6-10-16-15/h5-7,10-14,17H,4,8-9H2,1-3H3. The van der Waals surface area contributed by atoms with Crippen molar-refractivity contribution >= 4 is 0 Å². The SMILES string of the molecule is CCC1CCC(NC(C)c2ccccn2)C1C. The molecule has 2 heteroatoms. The van der Waals surface area contributed by atoms with Crippen LogP contribution in [0, 0.1) is 11.8 Å². The molecule has 1 aromatic heterocycles. The summed E-state index contributed by atoms with van der Waals surface area (Å²) in [7, 11) is 0. The minimum Gasteiger partial charge on any atom is -0.306 e. The van der Waals surface area contributed by atoms with Crippen LogP contribution < -0.4 is 5.32 Å². The lowest BCUT2D eigenvalue weighted by molar-refractivity contribution is 0.325. The van der Waals surface area contributed by atoms with Gasteiger partial charge in [0, 0.05) is 18.3 Å². The first-order valence-electron chi connectivity index (χ1n) is 6.89. The van der Waals surface area contributed by atoms with E-state index in [0.29, 0.717) is 12.1 Å². The molecular weight excluding hydrogens is 208 g/mol. The van der Waals surface area contributed by atoms with Gasteiger partial charge in [-0.1, -0.05) is 26.3 Å². The molecule has 1 aliphatic rings. The maximum absolute atomic E-state index is 4.42.